The van der Waals surface area contributed by atoms with Crippen molar-refractivity contribution in [1.82, 2.24) is 0 Å². The molecule has 0 heteroatoms. The topological polar surface area (TPSA) is 0 Å². The standard InChI is InChI=1S/C8H18.C7H16.CH4/c1-5-7(3)8(4)6-2;1-4-6-7(3)5-2;/h7-8H,5-6H2,1-4H3;7H,4-6H2,1-3H3;1H4. The quantitative estimate of drug-likeness (QED) is 0.485. The highest BCUT2D eigenvalue weighted by Crippen LogP contribution is 2.16. The summed E-state index contributed by atoms with van der Waals surface area (Å²) in [5, 5.41) is 0. The summed E-state index contributed by atoms with van der Waals surface area (Å²) in [6.07, 6.45) is 6.74. The molecule has 16 heavy (non-hydrogen) atoms. The van der Waals surface area contributed by atoms with E-state index < -0.39 is 0 Å². The fourth-order valence-electron chi connectivity index (χ4n) is 1.50. The highest BCUT2D eigenvalue weighted by Gasteiger charge is 2.05. The van der Waals surface area contributed by atoms with Crippen molar-refractivity contribution < 1.29 is 0 Å². The van der Waals surface area contributed by atoms with Crippen molar-refractivity contribution in [3.05, 3.63) is 0 Å². The van der Waals surface area contributed by atoms with Gasteiger partial charge in [-0.15, -0.1) is 0 Å². The van der Waals surface area contributed by atoms with Crippen molar-refractivity contribution in [2.45, 2.75) is 88.0 Å². The van der Waals surface area contributed by atoms with E-state index in [1.54, 1.807) is 0 Å². The Labute approximate surface area is 106 Å². The molecule has 0 aliphatic carbocycles. The summed E-state index contributed by atoms with van der Waals surface area (Å²) in [5.74, 6) is 2.78. The van der Waals surface area contributed by atoms with Crippen molar-refractivity contribution in [1.29, 1.82) is 0 Å². The summed E-state index contributed by atoms with van der Waals surface area (Å²) in [6.45, 7) is 16.0. The van der Waals surface area contributed by atoms with Gasteiger partial charge in [0.2, 0.25) is 0 Å². The summed E-state index contributed by atoms with van der Waals surface area (Å²) >= 11 is 0. The first kappa shape index (κ1) is 21.3. The molecule has 0 spiro atoms. The molecule has 0 nitrogen and oxygen atoms in total. The molecule has 0 heterocycles. The van der Waals surface area contributed by atoms with Crippen molar-refractivity contribution in [3.8, 4) is 0 Å². The average molecular weight is 230 g/mol. The van der Waals surface area contributed by atoms with Crippen LogP contribution in [0.1, 0.15) is 88.0 Å². The molecule has 0 amide bonds. The van der Waals surface area contributed by atoms with Gasteiger partial charge in [0.1, 0.15) is 0 Å². The SMILES string of the molecule is C.CCC(C)C(C)CC.CCCC(C)CC. The Morgan fingerprint density at radius 2 is 1.06 bits per heavy atom. The lowest BCUT2D eigenvalue weighted by molar-refractivity contribution is 0.367. The predicted molar refractivity (Wildman–Crippen MR) is 80.0 cm³/mol. The number of rotatable bonds is 6. The number of hydrogen-bond acceptors (Lipinski definition) is 0. The Morgan fingerprint density at radius 3 is 1.19 bits per heavy atom. The number of hydrogen-bond donors (Lipinski definition) is 0. The highest BCUT2D eigenvalue weighted by atomic mass is 14.1. The summed E-state index contributed by atoms with van der Waals surface area (Å²) in [7, 11) is 0. The Balaban J connectivity index is -0.000000200. The van der Waals surface area contributed by atoms with E-state index in [2.05, 4.69) is 48.5 Å². The second kappa shape index (κ2) is 15.0. The minimum Gasteiger partial charge on any atom is -0.0776 e. The largest absolute Gasteiger partial charge is 0.0776 e. The van der Waals surface area contributed by atoms with Crippen LogP contribution in [0.4, 0.5) is 0 Å². The highest BCUT2D eigenvalue weighted by molar-refractivity contribution is 4.56. The van der Waals surface area contributed by atoms with Gasteiger partial charge in [0.15, 0.2) is 0 Å². The van der Waals surface area contributed by atoms with Crippen LogP contribution in [0.5, 0.6) is 0 Å². The lowest BCUT2D eigenvalue weighted by Gasteiger charge is -2.14. The second-order valence-electron chi connectivity index (χ2n) is 5.07. The zero-order valence-electron chi connectivity index (χ0n) is 12.3. The molecule has 0 aromatic heterocycles. The molecule has 0 bridgehead atoms. The van der Waals surface area contributed by atoms with Crippen LogP contribution in [0.15, 0.2) is 0 Å². The van der Waals surface area contributed by atoms with Crippen LogP contribution < -0.4 is 0 Å². The van der Waals surface area contributed by atoms with Crippen LogP contribution in [-0.4, -0.2) is 0 Å². The normalized spacial score (nSPS) is 15.2. The van der Waals surface area contributed by atoms with Gasteiger partial charge in [0.25, 0.3) is 0 Å². The summed E-state index contributed by atoms with van der Waals surface area (Å²) < 4.78 is 0. The van der Waals surface area contributed by atoms with Gasteiger partial charge >= 0.3 is 0 Å². The second-order valence-corrected chi connectivity index (χ2v) is 5.07. The smallest absolute Gasteiger partial charge is 0.0420 e. The van der Waals surface area contributed by atoms with Gasteiger partial charge in [-0.3, -0.25) is 0 Å². The molecule has 3 atom stereocenters. The van der Waals surface area contributed by atoms with Crippen molar-refractivity contribution in [2.24, 2.45) is 17.8 Å². The summed E-state index contributed by atoms with van der Waals surface area (Å²) in [4.78, 5) is 0. The van der Waals surface area contributed by atoms with Crippen LogP contribution in [-0.2, 0) is 0 Å². The Bertz CT molecular complexity index is 98.6. The molecule has 0 saturated carbocycles. The maximum atomic E-state index is 2.33. The third-order valence-corrected chi connectivity index (χ3v) is 3.74. The first-order valence-electron chi connectivity index (χ1n) is 7.03. The first-order valence-corrected chi connectivity index (χ1v) is 7.03. The van der Waals surface area contributed by atoms with Gasteiger partial charge in [-0.05, 0) is 17.8 Å². The average Bonchev–Trinajstić information content (AvgIpc) is 2.27. The molecule has 0 aliphatic rings. The zero-order valence-corrected chi connectivity index (χ0v) is 12.3. The van der Waals surface area contributed by atoms with Gasteiger partial charge in [0.05, 0.1) is 0 Å². The molecule has 3 unspecified atom stereocenters. The molecule has 0 aromatic rings. The molecule has 0 aliphatic heterocycles. The van der Waals surface area contributed by atoms with E-state index in [1.807, 2.05) is 0 Å². The van der Waals surface area contributed by atoms with E-state index in [-0.39, 0.29) is 7.43 Å². The van der Waals surface area contributed by atoms with E-state index in [9.17, 15) is 0 Å². The Morgan fingerprint density at radius 1 is 0.688 bits per heavy atom. The molecule has 0 aromatic carbocycles. The Kier molecular flexibility index (Phi) is 20.0. The summed E-state index contributed by atoms with van der Waals surface area (Å²) in [6, 6.07) is 0. The molecule has 0 N–H and O–H groups in total. The van der Waals surface area contributed by atoms with Gasteiger partial charge in [-0.25, -0.2) is 0 Å². The lowest BCUT2D eigenvalue weighted by Crippen LogP contribution is -2.04. The maximum Gasteiger partial charge on any atom is -0.0420 e. The van der Waals surface area contributed by atoms with E-state index in [4.69, 9.17) is 0 Å². The van der Waals surface area contributed by atoms with Crippen molar-refractivity contribution in [3.63, 3.8) is 0 Å². The fraction of sp³-hybridized carbons (Fsp3) is 1.00. The van der Waals surface area contributed by atoms with E-state index in [0.29, 0.717) is 0 Å². The third-order valence-electron chi connectivity index (χ3n) is 3.74. The predicted octanol–water partition coefficient (Wildman–Crippen LogP) is 6.55. The minimum atomic E-state index is 0. The monoisotopic (exact) mass is 230 g/mol. The lowest BCUT2D eigenvalue weighted by atomic mass is 9.92. The fourth-order valence-corrected chi connectivity index (χ4v) is 1.50. The van der Waals surface area contributed by atoms with E-state index >= 15 is 0 Å². The van der Waals surface area contributed by atoms with Gasteiger partial charge < -0.3 is 0 Å². The van der Waals surface area contributed by atoms with Gasteiger partial charge in [0, 0.05) is 0 Å². The Hall–Kier alpha value is 0. The van der Waals surface area contributed by atoms with Gasteiger partial charge in [-0.2, -0.15) is 0 Å². The van der Waals surface area contributed by atoms with E-state index in [0.717, 1.165) is 17.8 Å². The maximum absolute atomic E-state index is 2.33. The molecule has 0 saturated heterocycles. The van der Waals surface area contributed by atoms with Crippen LogP contribution in [0, 0.1) is 17.8 Å². The summed E-state index contributed by atoms with van der Waals surface area (Å²) in [5.41, 5.74) is 0. The molecular weight excluding hydrogens is 192 g/mol. The molecule has 0 rings (SSSR count). The molecule has 0 fully saturated rings. The van der Waals surface area contributed by atoms with Crippen LogP contribution in [0.25, 0.3) is 0 Å². The van der Waals surface area contributed by atoms with Crippen LogP contribution in [0.2, 0.25) is 0 Å². The zero-order chi connectivity index (χ0) is 12.3. The molecule has 0 radical (unpaired) electrons. The molecular formula is C16H38. The third kappa shape index (κ3) is 14.0. The van der Waals surface area contributed by atoms with Crippen LogP contribution in [0.3, 0.4) is 0 Å². The van der Waals surface area contributed by atoms with Crippen molar-refractivity contribution in [2.75, 3.05) is 0 Å². The van der Waals surface area contributed by atoms with Gasteiger partial charge in [-0.1, -0.05) is 88.0 Å². The van der Waals surface area contributed by atoms with Crippen LogP contribution >= 0.6 is 0 Å². The first-order chi connectivity index (χ1) is 7.03. The van der Waals surface area contributed by atoms with E-state index in [1.165, 1.54) is 32.1 Å². The molecule has 102 valence electrons. The minimum absolute atomic E-state index is 0. The van der Waals surface area contributed by atoms with Crippen molar-refractivity contribution >= 4 is 0 Å².